The van der Waals surface area contributed by atoms with E-state index in [-0.39, 0.29) is 0 Å². The lowest BCUT2D eigenvalue weighted by molar-refractivity contribution is 0.158. The van der Waals surface area contributed by atoms with Gasteiger partial charge in [0.25, 0.3) is 0 Å². The van der Waals surface area contributed by atoms with Gasteiger partial charge >= 0.3 is 0 Å². The van der Waals surface area contributed by atoms with Crippen molar-refractivity contribution in [3.63, 3.8) is 0 Å². The number of nitrogens with one attached hydrogen (secondary N) is 1. The van der Waals surface area contributed by atoms with Crippen LogP contribution in [0.3, 0.4) is 0 Å². The molecule has 19 heavy (non-hydrogen) atoms. The van der Waals surface area contributed by atoms with E-state index >= 15 is 0 Å². The Hall–Kier alpha value is 0.140. The lowest BCUT2D eigenvalue weighted by Crippen LogP contribution is -2.40. The van der Waals surface area contributed by atoms with Crippen LogP contribution < -0.4 is 5.32 Å². The smallest absolute Gasteiger partial charge is 0.0701 e. The first kappa shape index (κ1) is 14.1. The summed E-state index contributed by atoms with van der Waals surface area (Å²) in [6.45, 7) is 4.67. The molecule has 2 aliphatic carbocycles. The summed E-state index contributed by atoms with van der Waals surface area (Å²) < 4.78 is 1.28. The second-order valence-corrected chi connectivity index (χ2v) is 9.05. The van der Waals surface area contributed by atoms with Crippen LogP contribution in [-0.2, 0) is 6.42 Å². The van der Waals surface area contributed by atoms with Crippen LogP contribution in [0.1, 0.15) is 43.9 Å². The van der Waals surface area contributed by atoms with E-state index < -0.39 is 0 Å². The lowest BCUT2D eigenvalue weighted by atomic mass is 9.70. The minimum absolute atomic E-state index is 0.558. The summed E-state index contributed by atoms with van der Waals surface area (Å²) in [5.41, 5.74) is 0.558. The first-order chi connectivity index (χ1) is 9.22. The molecule has 2 fully saturated rings. The molecule has 1 nitrogen and oxygen atoms in total. The van der Waals surface area contributed by atoms with Crippen LogP contribution >= 0.6 is 27.3 Å². The largest absolute Gasteiger partial charge is 0.316 e. The highest BCUT2D eigenvalue weighted by Gasteiger charge is 2.50. The molecule has 2 bridgehead atoms. The van der Waals surface area contributed by atoms with Gasteiger partial charge in [0.2, 0.25) is 0 Å². The number of hydrogen-bond acceptors (Lipinski definition) is 2. The van der Waals surface area contributed by atoms with Crippen molar-refractivity contribution in [1.29, 1.82) is 0 Å². The van der Waals surface area contributed by atoms with Gasteiger partial charge in [-0.25, -0.2) is 0 Å². The van der Waals surface area contributed by atoms with E-state index in [1.807, 2.05) is 11.3 Å². The molecule has 0 spiro atoms. The van der Waals surface area contributed by atoms with Gasteiger partial charge in [-0.05, 0) is 84.0 Å². The molecule has 1 aromatic rings. The van der Waals surface area contributed by atoms with Crippen molar-refractivity contribution in [3.05, 3.63) is 20.8 Å². The van der Waals surface area contributed by atoms with Crippen molar-refractivity contribution in [2.45, 2.75) is 45.4 Å². The van der Waals surface area contributed by atoms with E-state index in [2.05, 4.69) is 40.3 Å². The fourth-order valence-electron chi connectivity index (χ4n) is 4.36. The predicted octanol–water partition coefficient (Wildman–Crippen LogP) is 4.86. The van der Waals surface area contributed by atoms with E-state index in [1.165, 1.54) is 55.4 Å². The molecule has 1 heterocycles. The Bertz CT molecular complexity index is 430. The molecular weight excluding hydrogens is 318 g/mol. The minimum atomic E-state index is 0.558. The van der Waals surface area contributed by atoms with Crippen molar-refractivity contribution in [1.82, 2.24) is 5.32 Å². The Balaban J connectivity index is 1.73. The molecule has 3 atom stereocenters. The van der Waals surface area contributed by atoms with Gasteiger partial charge in [-0.3, -0.25) is 0 Å². The Morgan fingerprint density at radius 3 is 2.89 bits per heavy atom. The fraction of sp³-hybridized carbons (Fsp3) is 0.750. The molecule has 0 aromatic carbocycles. The Kier molecular flexibility index (Phi) is 4.35. The first-order valence-electron chi connectivity index (χ1n) is 7.67. The van der Waals surface area contributed by atoms with E-state index in [4.69, 9.17) is 0 Å². The molecule has 3 heteroatoms. The maximum Gasteiger partial charge on any atom is 0.0701 e. The van der Waals surface area contributed by atoms with Crippen molar-refractivity contribution in [3.8, 4) is 0 Å². The Morgan fingerprint density at radius 2 is 2.32 bits per heavy atom. The van der Waals surface area contributed by atoms with Crippen molar-refractivity contribution < 1.29 is 0 Å². The number of hydrogen-bond donors (Lipinski definition) is 1. The average molecular weight is 342 g/mol. The predicted molar refractivity (Wildman–Crippen MR) is 86.8 cm³/mol. The van der Waals surface area contributed by atoms with Gasteiger partial charge < -0.3 is 5.32 Å². The van der Waals surface area contributed by atoms with Gasteiger partial charge in [0.1, 0.15) is 0 Å². The molecule has 1 N–H and O–H groups in total. The molecule has 0 aliphatic heterocycles. The number of halogens is 1. The van der Waals surface area contributed by atoms with Crippen molar-refractivity contribution >= 4 is 27.3 Å². The van der Waals surface area contributed by atoms with Gasteiger partial charge in [-0.15, -0.1) is 11.3 Å². The highest BCUT2D eigenvalue weighted by atomic mass is 79.9. The maximum atomic E-state index is 3.72. The third-order valence-electron chi connectivity index (χ3n) is 5.16. The van der Waals surface area contributed by atoms with E-state index in [1.54, 1.807) is 4.88 Å². The summed E-state index contributed by atoms with van der Waals surface area (Å²) in [4.78, 5) is 1.57. The summed E-state index contributed by atoms with van der Waals surface area (Å²) in [6.07, 6.45) is 8.47. The van der Waals surface area contributed by atoms with Crippen LogP contribution in [0, 0.1) is 17.3 Å². The van der Waals surface area contributed by atoms with E-state index in [9.17, 15) is 0 Å². The quantitative estimate of drug-likeness (QED) is 0.728. The molecular formula is C16H24BrNS. The van der Waals surface area contributed by atoms with Gasteiger partial charge in [0, 0.05) is 11.4 Å². The zero-order valence-electron chi connectivity index (χ0n) is 11.8. The third-order valence-corrected chi connectivity index (χ3v) is 6.79. The summed E-state index contributed by atoms with van der Waals surface area (Å²) >= 11 is 5.54. The van der Waals surface area contributed by atoms with Crippen molar-refractivity contribution in [2.24, 2.45) is 17.3 Å². The zero-order valence-corrected chi connectivity index (χ0v) is 14.2. The molecule has 2 aliphatic rings. The highest BCUT2D eigenvalue weighted by Crippen LogP contribution is 2.57. The molecule has 3 unspecified atom stereocenters. The van der Waals surface area contributed by atoms with Crippen LogP contribution in [-0.4, -0.2) is 13.1 Å². The number of thiophene rings is 1. The molecule has 2 saturated carbocycles. The normalized spacial score (nSPS) is 33.2. The van der Waals surface area contributed by atoms with Gasteiger partial charge in [-0.2, -0.15) is 0 Å². The van der Waals surface area contributed by atoms with Crippen LogP contribution in [0.5, 0.6) is 0 Å². The highest BCUT2D eigenvalue weighted by molar-refractivity contribution is 9.11. The standard InChI is InChI=1S/C16H24BrNS/c1-2-7-18-11-16(9-12-3-4-13(16)8-12)10-14-5-6-15(17)19-14/h5-6,12-13,18H,2-4,7-11H2,1H3. The SMILES string of the molecule is CCCNCC1(Cc2ccc(Br)s2)CC2CCC1C2. The van der Waals surface area contributed by atoms with E-state index in [0.717, 1.165) is 11.8 Å². The zero-order chi connectivity index (χ0) is 13.3. The summed E-state index contributed by atoms with van der Waals surface area (Å²) in [5, 5.41) is 3.72. The summed E-state index contributed by atoms with van der Waals surface area (Å²) in [5.74, 6) is 2.00. The lowest BCUT2D eigenvalue weighted by Gasteiger charge is -2.38. The fourth-order valence-corrected chi connectivity index (χ4v) is 6.00. The first-order valence-corrected chi connectivity index (χ1v) is 9.28. The Morgan fingerprint density at radius 1 is 1.42 bits per heavy atom. The van der Waals surface area contributed by atoms with Crippen LogP contribution in [0.25, 0.3) is 0 Å². The molecule has 0 radical (unpaired) electrons. The van der Waals surface area contributed by atoms with Crippen LogP contribution in [0.2, 0.25) is 0 Å². The van der Waals surface area contributed by atoms with Gasteiger partial charge in [0.15, 0.2) is 0 Å². The summed E-state index contributed by atoms with van der Waals surface area (Å²) in [7, 11) is 0. The molecule has 3 rings (SSSR count). The third kappa shape index (κ3) is 2.93. The maximum absolute atomic E-state index is 3.72. The second-order valence-electron chi connectivity index (χ2n) is 6.50. The second kappa shape index (κ2) is 5.87. The molecule has 1 aromatic heterocycles. The average Bonchev–Trinajstić information content (AvgIpc) is 3.06. The number of fused-ring (bicyclic) bond motifs is 2. The minimum Gasteiger partial charge on any atom is -0.316 e. The van der Waals surface area contributed by atoms with Gasteiger partial charge in [-0.1, -0.05) is 13.3 Å². The Labute approximate surface area is 129 Å². The molecule has 106 valence electrons. The molecule has 0 saturated heterocycles. The topological polar surface area (TPSA) is 12.0 Å². The monoisotopic (exact) mass is 341 g/mol. The molecule has 0 amide bonds. The van der Waals surface area contributed by atoms with Crippen LogP contribution in [0.15, 0.2) is 15.9 Å². The van der Waals surface area contributed by atoms with Gasteiger partial charge in [0.05, 0.1) is 3.79 Å². The van der Waals surface area contributed by atoms with Crippen LogP contribution in [0.4, 0.5) is 0 Å². The summed E-state index contributed by atoms with van der Waals surface area (Å²) in [6, 6.07) is 4.53. The van der Waals surface area contributed by atoms with E-state index in [0.29, 0.717) is 5.41 Å². The van der Waals surface area contributed by atoms with Crippen molar-refractivity contribution in [2.75, 3.05) is 13.1 Å². The number of rotatable bonds is 6.